The minimum absolute atomic E-state index is 0.0293. The van der Waals surface area contributed by atoms with Crippen molar-refractivity contribution in [2.45, 2.75) is 26.4 Å². The van der Waals surface area contributed by atoms with E-state index in [-0.39, 0.29) is 16.6 Å². The van der Waals surface area contributed by atoms with Gasteiger partial charge in [-0.25, -0.2) is 4.68 Å². The van der Waals surface area contributed by atoms with Gasteiger partial charge < -0.3 is 9.84 Å². The van der Waals surface area contributed by atoms with E-state index < -0.39 is 0 Å². The van der Waals surface area contributed by atoms with E-state index in [2.05, 4.69) is 15.6 Å². The number of hydrogen-bond acceptors (Lipinski definition) is 5. The predicted molar refractivity (Wildman–Crippen MR) is 67.7 cm³/mol. The van der Waals surface area contributed by atoms with Crippen molar-refractivity contribution in [3.8, 4) is 0 Å². The van der Waals surface area contributed by atoms with Crippen LogP contribution in [0.5, 0.6) is 0 Å². The number of nitrogens with zero attached hydrogens (tertiary/aromatic N) is 3. The third kappa shape index (κ3) is 2.53. The highest BCUT2D eigenvalue weighted by Crippen LogP contribution is 2.17. The van der Waals surface area contributed by atoms with Crippen molar-refractivity contribution in [2.75, 3.05) is 5.32 Å². The number of nitrogens with one attached hydrogen (secondary N) is 1. The van der Waals surface area contributed by atoms with Gasteiger partial charge in [0.2, 0.25) is 0 Å². The molecule has 0 aliphatic carbocycles. The second kappa shape index (κ2) is 5.22. The first-order valence-electron chi connectivity index (χ1n) is 5.50. The van der Waals surface area contributed by atoms with E-state index in [0.717, 1.165) is 0 Å². The Morgan fingerprint density at radius 3 is 2.94 bits per heavy atom. The largest absolute Gasteiger partial charge is 0.375 e. The van der Waals surface area contributed by atoms with Gasteiger partial charge in [-0.1, -0.05) is 16.8 Å². The summed E-state index contributed by atoms with van der Waals surface area (Å²) in [5.41, 5.74) is 0.171. The molecule has 2 heterocycles. The monoisotopic (exact) mass is 268 g/mol. The fraction of sp³-hybridized carbons (Fsp3) is 0.364. The molecule has 96 valence electrons. The smallest absolute Gasteiger partial charge is 0.287 e. The molecule has 2 rings (SSSR count). The van der Waals surface area contributed by atoms with Crippen LogP contribution in [0.4, 0.5) is 5.69 Å². The van der Waals surface area contributed by atoms with Gasteiger partial charge >= 0.3 is 0 Å². The SMILES string of the molecule is CC(C)n1ncc(NCc2ccno2)c(Cl)c1=O. The lowest BCUT2D eigenvalue weighted by Gasteiger charge is -2.11. The summed E-state index contributed by atoms with van der Waals surface area (Å²) in [5.74, 6) is 0.652. The van der Waals surface area contributed by atoms with Gasteiger partial charge in [-0.3, -0.25) is 4.79 Å². The molecule has 18 heavy (non-hydrogen) atoms. The number of hydrogen-bond donors (Lipinski definition) is 1. The Morgan fingerprint density at radius 2 is 2.33 bits per heavy atom. The molecule has 1 N–H and O–H groups in total. The molecule has 6 nitrogen and oxygen atoms in total. The van der Waals surface area contributed by atoms with E-state index in [0.29, 0.717) is 18.0 Å². The van der Waals surface area contributed by atoms with Crippen molar-refractivity contribution < 1.29 is 4.52 Å². The van der Waals surface area contributed by atoms with Gasteiger partial charge in [-0.05, 0) is 13.8 Å². The molecule has 0 aliphatic heterocycles. The fourth-order valence-electron chi connectivity index (χ4n) is 1.45. The molecule has 0 amide bonds. The van der Waals surface area contributed by atoms with Gasteiger partial charge in [-0.15, -0.1) is 0 Å². The maximum absolute atomic E-state index is 11.9. The summed E-state index contributed by atoms with van der Waals surface area (Å²) in [6.07, 6.45) is 3.08. The van der Waals surface area contributed by atoms with Gasteiger partial charge in [0.25, 0.3) is 5.56 Å². The summed E-state index contributed by atoms with van der Waals surface area (Å²) in [4.78, 5) is 11.9. The van der Waals surface area contributed by atoms with E-state index in [1.54, 1.807) is 12.3 Å². The third-order valence-electron chi connectivity index (χ3n) is 2.38. The number of halogens is 1. The van der Waals surface area contributed by atoms with Crippen LogP contribution in [-0.2, 0) is 6.54 Å². The lowest BCUT2D eigenvalue weighted by Crippen LogP contribution is -2.25. The Hall–Kier alpha value is -1.82. The zero-order valence-electron chi connectivity index (χ0n) is 10.1. The topological polar surface area (TPSA) is 73.0 Å². The second-order valence-corrected chi connectivity index (χ2v) is 4.43. The summed E-state index contributed by atoms with van der Waals surface area (Å²) in [7, 11) is 0. The molecule has 0 unspecified atom stereocenters. The highest BCUT2D eigenvalue weighted by Gasteiger charge is 2.11. The molecule has 7 heteroatoms. The van der Waals surface area contributed by atoms with E-state index in [1.807, 2.05) is 13.8 Å². The van der Waals surface area contributed by atoms with Gasteiger partial charge in [-0.2, -0.15) is 5.10 Å². The summed E-state index contributed by atoms with van der Waals surface area (Å²) in [5, 5.41) is 10.7. The molecular weight excluding hydrogens is 256 g/mol. The molecule has 0 saturated carbocycles. The molecule has 0 radical (unpaired) electrons. The zero-order valence-corrected chi connectivity index (χ0v) is 10.8. The van der Waals surface area contributed by atoms with Crippen LogP contribution < -0.4 is 10.9 Å². The van der Waals surface area contributed by atoms with Crippen LogP contribution in [-0.4, -0.2) is 14.9 Å². The Morgan fingerprint density at radius 1 is 1.56 bits per heavy atom. The van der Waals surface area contributed by atoms with Crippen molar-refractivity contribution in [3.05, 3.63) is 39.6 Å². The van der Waals surface area contributed by atoms with Crippen molar-refractivity contribution in [1.82, 2.24) is 14.9 Å². The Labute approximate surface area is 109 Å². The van der Waals surface area contributed by atoms with Crippen LogP contribution in [0.2, 0.25) is 5.02 Å². The highest BCUT2D eigenvalue weighted by atomic mass is 35.5. The van der Waals surface area contributed by atoms with Crippen LogP contribution in [0, 0.1) is 0 Å². The molecule has 2 aromatic heterocycles. The molecular formula is C11H13ClN4O2. The second-order valence-electron chi connectivity index (χ2n) is 4.05. The number of anilines is 1. The molecule has 0 atom stereocenters. The number of rotatable bonds is 4. The lowest BCUT2D eigenvalue weighted by molar-refractivity contribution is 0.388. The molecule has 0 aromatic carbocycles. The fourth-order valence-corrected chi connectivity index (χ4v) is 1.65. The molecule has 0 spiro atoms. The molecule has 0 saturated heterocycles. The van der Waals surface area contributed by atoms with Gasteiger partial charge in [0.15, 0.2) is 5.76 Å². The van der Waals surface area contributed by atoms with E-state index in [1.165, 1.54) is 10.9 Å². The van der Waals surface area contributed by atoms with E-state index >= 15 is 0 Å². The van der Waals surface area contributed by atoms with Crippen molar-refractivity contribution in [1.29, 1.82) is 0 Å². The van der Waals surface area contributed by atoms with Crippen molar-refractivity contribution in [3.63, 3.8) is 0 Å². The average molecular weight is 269 g/mol. The van der Waals surface area contributed by atoms with Crippen LogP contribution in [0.25, 0.3) is 0 Å². The first-order valence-corrected chi connectivity index (χ1v) is 5.88. The van der Waals surface area contributed by atoms with Crippen LogP contribution in [0.1, 0.15) is 25.6 Å². The Kier molecular flexibility index (Phi) is 3.66. The highest BCUT2D eigenvalue weighted by molar-refractivity contribution is 6.32. The summed E-state index contributed by atoms with van der Waals surface area (Å²) >= 11 is 6.00. The quantitative estimate of drug-likeness (QED) is 0.919. The van der Waals surface area contributed by atoms with Crippen LogP contribution in [0.15, 0.2) is 27.8 Å². The standard InChI is InChI=1S/C11H13ClN4O2/c1-7(2)16-11(17)10(12)9(6-14-16)13-5-8-3-4-15-18-8/h3-4,6-7,13H,5H2,1-2H3. The first-order chi connectivity index (χ1) is 8.59. The molecule has 0 aliphatic rings. The minimum atomic E-state index is -0.311. The van der Waals surface area contributed by atoms with Crippen LogP contribution >= 0.6 is 11.6 Å². The van der Waals surface area contributed by atoms with Gasteiger partial charge in [0.1, 0.15) is 5.02 Å². The molecule has 0 fully saturated rings. The number of aromatic nitrogens is 3. The normalized spacial score (nSPS) is 10.9. The molecule has 0 bridgehead atoms. The third-order valence-corrected chi connectivity index (χ3v) is 2.74. The van der Waals surface area contributed by atoms with Crippen molar-refractivity contribution >= 4 is 17.3 Å². The van der Waals surface area contributed by atoms with E-state index in [9.17, 15) is 4.79 Å². The minimum Gasteiger partial charge on any atom is -0.375 e. The summed E-state index contributed by atoms with van der Waals surface area (Å²) in [6.45, 7) is 4.13. The average Bonchev–Trinajstić information content (AvgIpc) is 2.83. The Bertz CT molecular complexity index is 577. The lowest BCUT2D eigenvalue weighted by atomic mass is 10.3. The van der Waals surface area contributed by atoms with Gasteiger partial charge in [0.05, 0.1) is 30.7 Å². The van der Waals surface area contributed by atoms with Crippen LogP contribution in [0.3, 0.4) is 0 Å². The van der Waals surface area contributed by atoms with E-state index in [4.69, 9.17) is 16.1 Å². The summed E-state index contributed by atoms with van der Waals surface area (Å²) in [6, 6.07) is 1.70. The van der Waals surface area contributed by atoms with Crippen molar-refractivity contribution in [2.24, 2.45) is 0 Å². The molecule has 2 aromatic rings. The van der Waals surface area contributed by atoms with Gasteiger partial charge in [0, 0.05) is 6.07 Å². The maximum Gasteiger partial charge on any atom is 0.287 e. The predicted octanol–water partition coefficient (Wildman–Crippen LogP) is 2.08. The zero-order chi connectivity index (χ0) is 13.1. The first kappa shape index (κ1) is 12.6. The summed E-state index contributed by atoms with van der Waals surface area (Å²) < 4.78 is 6.26. The Balaban J connectivity index is 2.20. The maximum atomic E-state index is 11.9.